The lowest BCUT2D eigenvalue weighted by Gasteiger charge is -2.37. The summed E-state index contributed by atoms with van der Waals surface area (Å²) in [7, 11) is 1.78. The number of hydrogen-bond donors (Lipinski definition) is 1. The molecule has 1 aromatic carbocycles. The molecule has 0 spiro atoms. The number of rotatable bonds is 4. The molecule has 0 radical (unpaired) electrons. The number of aliphatic imine (C=N–C) groups is 1. The molecule has 31 heavy (non-hydrogen) atoms. The fourth-order valence-corrected chi connectivity index (χ4v) is 4.95. The average molecular weight is 557 g/mol. The van der Waals surface area contributed by atoms with Crippen LogP contribution >= 0.6 is 35.3 Å². The fraction of sp³-hybridized carbons (Fsp3) is 0.455. The Morgan fingerprint density at radius 2 is 1.84 bits per heavy atom. The maximum absolute atomic E-state index is 13.1. The molecular formula is C22H29FIN5OS. The molecule has 3 heterocycles. The summed E-state index contributed by atoms with van der Waals surface area (Å²) in [5.41, 5.74) is 2.34. The molecule has 2 aliphatic rings. The number of thiophene rings is 1. The summed E-state index contributed by atoms with van der Waals surface area (Å²) in [6.45, 7) is 5.49. The Morgan fingerprint density at radius 3 is 2.55 bits per heavy atom. The number of amides is 1. The van der Waals surface area contributed by atoms with Gasteiger partial charge in [0, 0.05) is 69.8 Å². The molecule has 2 aliphatic heterocycles. The Labute approximate surface area is 204 Å². The Kier molecular flexibility index (Phi) is 8.53. The molecule has 9 heteroatoms. The molecule has 0 unspecified atom stereocenters. The molecule has 1 aromatic heterocycles. The van der Waals surface area contributed by atoms with E-state index in [4.69, 9.17) is 0 Å². The maximum atomic E-state index is 13.1. The first kappa shape index (κ1) is 23.8. The molecule has 2 aromatic rings. The summed E-state index contributed by atoms with van der Waals surface area (Å²) in [6.07, 6.45) is 1.43. The predicted molar refractivity (Wildman–Crippen MR) is 135 cm³/mol. The van der Waals surface area contributed by atoms with Gasteiger partial charge in [-0.2, -0.15) is 0 Å². The lowest BCUT2D eigenvalue weighted by Crippen LogP contribution is -2.53. The van der Waals surface area contributed by atoms with E-state index in [2.05, 4.69) is 31.6 Å². The van der Waals surface area contributed by atoms with Crippen LogP contribution in [0.5, 0.6) is 0 Å². The average Bonchev–Trinajstić information content (AvgIpc) is 3.25. The number of carbonyl (C=O) groups is 1. The van der Waals surface area contributed by atoms with Crippen LogP contribution in [-0.4, -0.2) is 68.0 Å². The summed E-state index contributed by atoms with van der Waals surface area (Å²) in [5, 5.41) is 5.46. The van der Waals surface area contributed by atoms with Crippen molar-refractivity contribution in [1.82, 2.24) is 15.1 Å². The van der Waals surface area contributed by atoms with Crippen LogP contribution < -0.4 is 10.2 Å². The minimum Gasteiger partial charge on any atom is -0.368 e. The Morgan fingerprint density at radius 1 is 1.10 bits per heavy atom. The number of nitrogens with one attached hydrogen (secondary N) is 1. The molecule has 1 saturated heterocycles. The van der Waals surface area contributed by atoms with Crippen LogP contribution in [0.25, 0.3) is 0 Å². The van der Waals surface area contributed by atoms with Crippen LogP contribution in [-0.2, 0) is 17.8 Å². The van der Waals surface area contributed by atoms with Gasteiger partial charge in [-0.05, 0) is 47.7 Å². The molecule has 1 amide bonds. The highest BCUT2D eigenvalue weighted by molar-refractivity contribution is 14.0. The Balaban J connectivity index is 0.00000272. The SMILES string of the molecule is CN=C(NCCC(=O)N1CCc2sccc2C1)N1CCN(c2ccc(F)cc2)CC1.I. The summed E-state index contributed by atoms with van der Waals surface area (Å²) >= 11 is 1.79. The zero-order valence-electron chi connectivity index (χ0n) is 17.7. The van der Waals surface area contributed by atoms with Crippen LogP contribution in [0.1, 0.15) is 16.9 Å². The van der Waals surface area contributed by atoms with Crippen molar-refractivity contribution in [2.24, 2.45) is 4.99 Å². The largest absolute Gasteiger partial charge is 0.368 e. The van der Waals surface area contributed by atoms with E-state index in [9.17, 15) is 9.18 Å². The van der Waals surface area contributed by atoms with E-state index >= 15 is 0 Å². The van der Waals surface area contributed by atoms with Gasteiger partial charge in [0.25, 0.3) is 0 Å². The second-order valence-electron chi connectivity index (χ2n) is 7.61. The van der Waals surface area contributed by atoms with Gasteiger partial charge < -0.3 is 20.0 Å². The molecule has 4 rings (SSSR count). The van der Waals surface area contributed by atoms with Gasteiger partial charge in [0.05, 0.1) is 0 Å². The van der Waals surface area contributed by atoms with Gasteiger partial charge in [0.1, 0.15) is 5.82 Å². The van der Waals surface area contributed by atoms with Crippen molar-refractivity contribution in [3.8, 4) is 0 Å². The van der Waals surface area contributed by atoms with Crippen molar-refractivity contribution in [3.05, 3.63) is 52.0 Å². The summed E-state index contributed by atoms with van der Waals surface area (Å²) in [5.74, 6) is 0.813. The monoisotopic (exact) mass is 557 g/mol. The molecule has 0 aliphatic carbocycles. The number of hydrogen-bond acceptors (Lipinski definition) is 4. The number of guanidine groups is 1. The molecule has 0 saturated carbocycles. The fourth-order valence-electron chi connectivity index (χ4n) is 4.06. The quantitative estimate of drug-likeness (QED) is 0.357. The number of piperazine rings is 1. The molecule has 0 bridgehead atoms. The van der Waals surface area contributed by atoms with Crippen LogP contribution in [0, 0.1) is 5.82 Å². The molecule has 6 nitrogen and oxygen atoms in total. The topological polar surface area (TPSA) is 51.2 Å². The van der Waals surface area contributed by atoms with Gasteiger partial charge in [-0.15, -0.1) is 35.3 Å². The highest BCUT2D eigenvalue weighted by Gasteiger charge is 2.22. The zero-order valence-corrected chi connectivity index (χ0v) is 20.9. The summed E-state index contributed by atoms with van der Waals surface area (Å²) in [4.78, 5) is 24.8. The summed E-state index contributed by atoms with van der Waals surface area (Å²) in [6, 6.07) is 8.78. The predicted octanol–water partition coefficient (Wildman–Crippen LogP) is 3.18. The summed E-state index contributed by atoms with van der Waals surface area (Å²) < 4.78 is 13.1. The Bertz CT molecular complexity index is 896. The van der Waals surface area contributed by atoms with Crippen molar-refractivity contribution in [1.29, 1.82) is 0 Å². The second kappa shape index (κ2) is 11.1. The number of fused-ring (bicyclic) bond motifs is 1. The van der Waals surface area contributed by atoms with Crippen LogP contribution in [0.2, 0.25) is 0 Å². The van der Waals surface area contributed by atoms with Gasteiger partial charge in [-0.1, -0.05) is 0 Å². The third-order valence-electron chi connectivity index (χ3n) is 5.77. The maximum Gasteiger partial charge on any atom is 0.224 e. The highest BCUT2D eigenvalue weighted by atomic mass is 127. The molecule has 0 atom stereocenters. The van der Waals surface area contributed by atoms with Crippen LogP contribution in [0.15, 0.2) is 40.7 Å². The number of carbonyl (C=O) groups excluding carboxylic acids is 1. The first-order valence-corrected chi connectivity index (χ1v) is 11.3. The normalized spacial score (nSPS) is 16.6. The van der Waals surface area contributed by atoms with E-state index in [0.29, 0.717) is 13.0 Å². The molecule has 1 fully saturated rings. The van der Waals surface area contributed by atoms with Gasteiger partial charge in [-0.25, -0.2) is 4.39 Å². The highest BCUT2D eigenvalue weighted by Crippen LogP contribution is 2.24. The Hall–Kier alpha value is -1.88. The zero-order chi connectivity index (χ0) is 20.9. The molecule has 1 N–H and O–H groups in total. The van der Waals surface area contributed by atoms with Gasteiger partial charge in [-0.3, -0.25) is 9.79 Å². The first-order chi connectivity index (χ1) is 14.6. The number of nitrogens with zero attached hydrogens (tertiary/aromatic N) is 4. The van der Waals surface area contributed by atoms with Crippen molar-refractivity contribution in [2.45, 2.75) is 19.4 Å². The van der Waals surface area contributed by atoms with E-state index in [-0.39, 0.29) is 35.7 Å². The third-order valence-corrected chi connectivity index (χ3v) is 6.79. The third kappa shape index (κ3) is 5.88. The van der Waals surface area contributed by atoms with E-state index in [1.54, 1.807) is 18.4 Å². The van der Waals surface area contributed by atoms with Crippen molar-refractivity contribution in [3.63, 3.8) is 0 Å². The lowest BCUT2D eigenvalue weighted by molar-refractivity contribution is -0.131. The van der Waals surface area contributed by atoms with Crippen molar-refractivity contribution < 1.29 is 9.18 Å². The molecule has 168 valence electrons. The number of benzene rings is 1. The van der Waals surface area contributed by atoms with Crippen LogP contribution in [0.3, 0.4) is 0 Å². The van der Waals surface area contributed by atoms with Crippen LogP contribution in [0.4, 0.5) is 10.1 Å². The van der Waals surface area contributed by atoms with Gasteiger partial charge in [0.2, 0.25) is 5.91 Å². The van der Waals surface area contributed by atoms with E-state index < -0.39 is 0 Å². The van der Waals surface area contributed by atoms with E-state index in [0.717, 1.165) is 57.3 Å². The standard InChI is InChI=1S/C22H28FN5OS.HI/c1-24-22(27-13-11-26(12-14-27)19-4-2-18(23)3-5-19)25-9-6-21(29)28-10-7-20-17(16-28)8-15-30-20;/h2-5,8,15H,6-7,9-14,16H2,1H3,(H,24,25);1H. The first-order valence-electron chi connectivity index (χ1n) is 10.4. The van der Waals surface area contributed by atoms with Gasteiger partial charge in [0.15, 0.2) is 5.96 Å². The smallest absolute Gasteiger partial charge is 0.224 e. The number of halogens is 2. The van der Waals surface area contributed by atoms with E-state index in [1.807, 2.05) is 17.0 Å². The minimum atomic E-state index is -0.211. The minimum absolute atomic E-state index is 0. The lowest BCUT2D eigenvalue weighted by atomic mass is 10.1. The molecular weight excluding hydrogens is 528 g/mol. The van der Waals surface area contributed by atoms with Gasteiger partial charge >= 0.3 is 0 Å². The van der Waals surface area contributed by atoms with Crippen molar-refractivity contribution in [2.75, 3.05) is 51.2 Å². The van der Waals surface area contributed by atoms with E-state index in [1.165, 1.54) is 22.6 Å². The number of anilines is 1. The van der Waals surface area contributed by atoms with Crippen molar-refractivity contribution >= 4 is 52.9 Å². The second-order valence-corrected chi connectivity index (χ2v) is 8.61.